The average molecular weight is 284 g/mol. The molecule has 5 nitrogen and oxygen atoms in total. The van der Waals surface area contributed by atoms with E-state index in [1.54, 1.807) is 0 Å². The molecule has 1 saturated carbocycles. The molecular formula is C15H28N2O3. The first-order chi connectivity index (χ1) is 9.43. The van der Waals surface area contributed by atoms with Crippen molar-refractivity contribution in [3.05, 3.63) is 0 Å². The van der Waals surface area contributed by atoms with Gasteiger partial charge in [0, 0.05) is 13.0 Å². The van der Waals surface area contributed by atoms with Crippen LogP contribution in [-0.2, 0) is 9.59 Å². The Balaban J connectivity index is 2.33. The van der Waals surface area contributed by atoms with Gasteiger partial charge in [-0.2, -0.15) is 0 Å². The molecule has 116 valence electrons. The van der Waals surface area contributed by atoms with Crippen LogP contribution in [0.15, 0.2) is 0 Å². The zero-order valence-corrected chi connectivity index (χ0v) is 12.6. The lowest BCUT2D eigenvalue weighted by Gasteiger charge is -2.19. The van der Waals surface area contributed by atoms with E-state index in [0.717, 1.165) is 25.7 Å². The Morgan fingerprint density at radius 1 is 1.35 bits per heavy atom. The molecule has 0 saturated heterocycles. The number of amides is 1. The Morgan fingerprint density at radius 3 is 2.60 bits per heavy atom. The molecule has 1 amide bonds. The summed E-state index contributed by atoms with van der Waals surface area (Å²) in [6.07, 6.45) is 3.96. The van der Waals surface area contributed by atoms with E-state index in [-0.39, 0.29) is 23.7 Å². The summed E-state index contributed by atoms with van der Waals surface area (Å²) in [5.41, 5.74) is 5.69. The molecule has 4 N–H and O–H groups in total. The minimum absolute atomic E-state index is 0.00265. The lowest BCUT2D eigenvalue weighted by Crippen LogP contribution is -2.34. The highest BCUT2D eigenvalue weighted by molar-refractivity contribution is 5.76. The number of nitrogens with two attached hydrogens (primary N) is 1. The molecule has 0 heterocycles. The van der Waals surface area contributed by atoms with Gasteiger partial charge in [-0.1, -0.05) is 20.3 Å². The van der Waals surface area contributed by atoms with Crippen molar-refractivity contribution in [2.24, 2.45) is 29.4 Å². The number of carboxylic acids is 1. The molecule has 1 rings (SSSR count). The molecule has 0 bridgehead atoms. The number of nitrogens with one attached hydrogen (secondary N) is 1. The average Bonchev–Trinajstić information content (AvgIpc) is 2.83. The van der Waals surface area contributed by atoms with E-state index in [1.165, 1.54) is 0 Å². The Labute approximate surface area is 121 Å². The van der Waals surface area contributed by atoms with Crippen molar-refractivity contribution in [3.8, 4) is 0 Å². The van der Waals surface area contributed by atoms with Gasteiger partial charge in [-0.05, 0) is 43.6 Å². The lowest BCUT2D eigenvalue weighted by atomic mass is 9.93. The number of carboxylic acid groups (broad SMARTS) is 1. The first-order valence-corrected chi connectivity index (χ1v) is 7.63. The van der Waals surface area contributed by atoms with Gasteiger partial charge >= 0.3 is 5.97 Å². The predicted molar refractivity (Wildman–Crippen MR) is 78.1 cm³/mol. The van der Waals surface area contributed by atoms with Crippen molar-refractivity contribution >= 4 is 11.9 Å². The molecule has 1 aliphatic rings. The van der Waals surface area contributed by atoms with Crippen LogP contribution < -0.4 is 11.1 Å². The van der Waals surface area contributed by atoms with Gasteiger partial charge in [-0.15, -0.1) is 0 Å². The molecule has 0 aliphatic heterocycles. The molecule has 3 atom stereocenters. The molecular weight excluding hydrogens is 256 g/mol. The fraction of sp³-hybridized carbons (Fsp3) is 0.867. The van der Waals surface area contributed by atoms with Crippen molar-refractivity contribution in [1.82, 2.24) is 5.32 Å². The standard InChI is InChI=1S/C15H28N2O3/c1-10(2)6-11(8-16)7-14(18)17-9-12-4-3-5-13(12)15(19)20/h10-13H,3-9,16H2,1-2H3,(H,17,18)(H,19,20)/t11-,12?,13?/m0/s1. The molecule has 0 aromatic rings. The molecule has 5 heteroatoms. The summed E-state index contributed by atoms with van der Waals surface area (Å²) in [5, 5.41) is 12.0. The van der Waals surface area contributed by atoms with E-state index in [2.05, 4.69) is 19.2 Å². The summed E-state index contributed by atoms with van der Waals surface area (Å²) < 4.78 is 0. The number of rotatable bonds is 8. The van der Waals surface area contributed by atoms with E-state index < -0.39 is 5.97 Å². The highest BCUT2D eigenvalue weighted by Gasteiger charge is 2.32. The third kappa shape index (κ3) is 5.49. The molecule has 2 unspecified atom stereocenters. The maximum atomic E-state index is 11.9. The van der Waals surface area contributed by atoms with Crippen molar-refractivity contribution in [2.45, 2.75) is 46.0 Å². The third-order valence-electron chi connectivity index (χ3n) is 4.15. The van der Waals surface area contributed by atoms with Crippen LogP contribution in [0.2, 0.25) is 0 Å². The summed E-state index contributed by atoms with van der Waals surface area (Å²) >= 11 is 0. The fourth-order valence-corrected chi connectivity index (χ4v) is 3.12. The summed E-state index contributed by atoms with van der Waals surface area (Å²) in [5.74, 6) is -0.205. The van der Waals surface area contributed by atoms with Gasteiger partial charge in [-0.3, -0.25) is 9.59 Å². The summed E-state index contributed by atoms with van der Waals surface area (Å²) in [7, 11) is 0. The van der Waals surface area contributed by atoms with Gasteiger partial charge < -0.3 is 16.2 Å². The predicted octanol–water partition coefficient (Wildman–Crippen LogP) is 1.61. The highest BCUT2D eigenvalue weighted by Crippen LogP contribution is 2.31. The van der Waals surface area contributed by atoms with Crippen LogP contribution in [0.1, 0.15) is 46.0 Å². The third-order valence-corrected chi connectivity index (χ3v) is 4.15. The lowest BCUT2D eigenvalue weighted by molar-refractivity contribution is -0.143. The Kier molecular flexibility index (Phi) is 6.99. The maximum Gasteiger partial charge on any atom is 0.306 e. The van der Waals surface area contributed by atoms with E-state index in [4.69, 9.17) is 10.8 Å². The fourth-order valence-electron chi connectivity index (χ4n) is 3.12. The van der Waals surface area contributed by atoms with Crippen LogP contribution in [0.3, 0.4) is 0 Å². The molecule has 1 aliphatic carbocycles. The second-order valence-corrected chi connectivity index (χ2v) is 6.38. The monoisotopic (exact) mass is 284 g/mol. The summed E-state index contributed by atoms with van der Waals surface area (Å²) in [6.45, 7) is 5.24. The number of carbonyl (C=O) groups excluding carboxylic acids is 1. The minimum Gasteiger partial charge on any atom is -0.481 e. The van der Waals surface area contributed by atoms with Gasteiger partial charge in [0.1, 0.15) is 0 Å². The number of hydrogen-bond donors (Lipinski definition) is 3. The quantitative estimate of drug-likeness (QED) is 0.631. The van der Waals surface area contributed by atoms with Crippen LogP contribution in [0, 0.1) is 23.7 Å². The first kappa shape index (κ1) is 17.0. The minimum atomic E-state index is -0.735. The second kappa shape index (κ2) is 8.25. The zero-order valence-electron chi connectivity index (χ0n) is 12.6. The van der Waals surface area contributed by atoms with Crippen LogP contribution in [0.4, 0.5) is 0 Å². The van der Waals surface area contributed by atoms with E-state index in [0.29, 0.717) is 25.4 Å². The van der Waals surface area contributed by atoms with Crippen LogP contribution >= 0.6 is 0 Å². The van der Waals surface area contributed by atoms with Gasteiger partial charge in [0.2, 0.25) is 5.91 Å². The van der Waals surface area contributed by atoms with Crippen molar-refractivity contribution in [3.63, 3.8) is 0 Å². The van der Waals surface area contributed by atoms with E-state index in [1.807, 2.05) is 0 Å². The first-order valence-electron chi connectivity index (χ1n) is 7.63. The van der Waals surface area contributed by atoms with Gasteiger partial charge in [0.05, 0.1) is 5.92 Å². The van der Waals surface area contributed by atoms with Crippen LogP contribution in [0.5, 0.6) is 0 Å². The Bertz CT molecular complexity index is 331. The van der Waals surface area contributed by atoms with E-state index >= 15 is 0 Å². The topological polar surface area (TPSA) is 92.4 Å². The molecule has 1 fully saturated rings. The summed E-state index contributed by atoms with van der Waals surface area (Å²) in [6, 6.07) is 0. The van der Waals surface area contributed by atoms with Gasteiger partial charge in [0.15, 0.2) is 0 Å². The van der Waals surface area contributed by atoms with Crippen LogP contribution in [-0.4, -0.2) is 30.1 Å². The maximum absolute atomic E-state index is 11.9. The number of carbonyl (C=O) groups is 2. The molecule has 0 spiro atoms. The normalized spacial score (nSPS) is 23.8. The molecule has 0 aromatic heterocycles. The Hall–Kier alpha value is -1.10. The number of hydrogen-bond acceptors (Lipinski definition) is 3. The smallest absolute Gasteiger partial charge is 0.306 e. The van der Waals surface area contributed by atoms with Gasteiger partial charge in [-0.25, -0.2) is 0 Å². The van der Waals surface area contributed by atoms with Crippen molar-refractivity contribution in [2.75, 3.05) is 13.1 Å². The largest absolute Gasteiger partial charge is 0.481 e. The van der Waals surface area contributed by atoms with Crippen LogP contribution in [0.25, 0.3) is 0 Å². The molecule has 0 aromatic carbocycles. The van der Waals surface area contributed by atoms with E-state index in [9.17, 15) is 9.59 Å². The zero-order chi connectivity index (χ0) is 15.1. The SMILES string of the molecule is CC(C)C[C@H](CN)CC(=O)NCC1CCCC1C(=O)O. The van der Waals surface area contributed by atoms with Crippen molar-refractivity contribution < 1.29 is 14.7 Å². The highest BCUT2D eigenvalue weighted by atomic mass is 16.4. The molecule has 0 radical (unpaired) electrons. The molecule has 20 heavy (non-hydrogen) atoms. The summed E-state index contributed by atoms with van der Waals surface area (Å²) in [4.78, 5) is 23.0. The number of aliphatic carboxylic acids is 1. The Morgan fingerprint density at radius 2 is 2.05 bits per heavy atom. The van der Waals surface area contributed by atoms with Crippen molar-refractivity contribution in [1.29, 1.82) is 0 Å². The second-order valence-electron chi connectivity index (χ2n) is 6.38. The van der Waals surface area contributed by atoms with Gasteiger partial charge in [0.25, 0.3) is 0 Å².